The van der Waals surface area contributed by atoms with E-state index in [1.807, 2.05) is 24.3 Å². The van der Waals surface area contributed by atoms with Crippen molar-refractivity contribution >= 4 is 17.5 Å². The molecule has 1 aliphatic carbocycles. The summed E-state index contributed by atoms with van der Waals surface area (Å²) >= 11 is 0. The molecule has 0 spiro atoms. The molecule has 1 heterocycles. The number of allylic oxidation sites excluding steroid dienone is 1. The fourth-order valence-corrected chi connectivity index (χ4v) is 3.96. The topological polar surface area (TPSA) is 71.1 Å². The second-order valence-corrected chi connectivity index (χ2v) is 7.74. The van der Waals surface area contributed by atoms with Gasteiger partial charge in [0, 0.05) is 32.7 Å². The number of ether oxygens (including phenoxy) is 2. The van der Waals surface area contributed by atoms with Crippen LogP contribution in [0, 0.1) is 0 Å². The van der Waals surface area contributed by atoms with E-state index in [1.54, 1.807) is 12.0 Å². The first kappa shape index (κ1) is 22.2. The third-order valence-electron chi connectivity index (χ3n) is 5.67. The Hall–Kier alpha value is -2.54. The zero-order valence-corrected chi connectivity index (χ0v) is 17.9. The molecule has 3 rings (SSSR count). The molecule has 0 saturated carbocycles. The molecule has 0 bridgehead atoms. The number of hydrogen-bond acceptors (Lipinski definition) is 5. The minimum absolute atomic E-state index is 0.0623. The van der Waals surface area contributed by atoms with Gasteiger partial charge in [-0.2, -0.15) is 0 Å². The van der Waals surface area contributed by atoms with Crippen LogP contribution in [0.4, 0.5) is 5.69 Å². The van der Waals surface area contributed by atoms with Gasteiger partial charge in [0.1, 0.15) is 19.0 Å². The molecular weight excluding hydrogens is 382 g/mol. The summed E-state index contributed by atoms with van der Waals surface area (Å²) in [5.41, 5.74) is 2.48. The predicted molar refractivity (Wildman–Crippen MR) is 117 cm³/mol. The summed E-state index contributed by atoms with van der Waals surface area (Å²) in [5, 5.41) is 2.87. The molecule has 1 saturated heterocycles. The van der Waals surface area contributed by atoms with Gasteiger partial charge in [0.15, 0.2) is 0 Å². The molecule has 1 aromatic carbocycles. The number of para-hydroxylation sites is 2. The van der Waals surface area contributed by atoms with E-state index in [4.69, 9.17) is 9.47 Å². The molecule has 1 N–H and O–H groups in total. The van der Waals surface area contributed by atoms with Gasteiger partial charge in [0.2, 0.25) is 11.8 Å². The summed E-state index contributed by atoms with van der Waals surface area (Å²) in [7, 11) is 1.67. The minimum atomic E-state index is -0.166. The Balaban J connectivity index is 1.31. The van der Waals surface area contributed by atoms with Crippen molar-refractivity contribution in [1.82, 2.24) is 10.2 Å². The Morgan fingerprint density at radius 1 is 1.07 bits per heavy atom. The summed E-state index contributed by atoms with van der Waals surface area (Å²) in [4.78, 5) is 28.3. The first-order chi connectivity index (χ1) is 14.7. The molecule has 2 aliphatic rings. The molecule has 0 aromatic heterocycles. The highest BCUT2D eigenvalue weighted by molar-refractivity contribution is 5.80. The molecule has 0 radical (unpaired) electrons. The molecule has 0 unspecified atom stereocenters. The first-order valence-electron chi connectivity index (χ1n) is 10.9. The Bertz CT molecular complexity index is 742. The van der Waals surface area contributed by atoms with Gasteiger partial charge in [-0.25, -0.2) is 0 Å². The lowest BCUT2D eigenvalue weighted by molar-refractivity contribution is -0.138. The van der Waals surface area contributed by atoms with Crippen molar-refractivity contribution in [3.05, 3.63) is 35.9 Å². The van der Waals surface area contributed by atoms with Crippen LogP contribution >= 0.6 is 0 Å². The van der Waals surface area contributed by atoms with Gasteiger partial charge in [0.25, 0.3) is 0 Å². The number of carbonyl (C=O) groups excluding carboxylic acids is 2. The maximum atomic E-state index is 12.4. The lowest BCUT2D eigenvalue weighted by atomic mass is 9.97. The highest BCUT2D eigenvalue weighted by Gasteiger charge is 2.23. The van der Waals surface area contributed by atoms with Crippen molar-refractivity contribution in [1.29, 1.82) is 0 Å². The number of anilines is 1. The Labute approximate surface area is 179 Å². The zero-order chi connectivity index (χ0) is 21.2. The van der Waals surface area contributed by atoms with Crippen LogP contribution in [0.1, 0.15) is 32.1 Å². The standard InChI is InChI=1S/C23H33N3O4/c1-29-21-10-6-5-9-20(21)25-13-15-26(16-14-25)23(28)18-30-17-22(27)24-12-11-19-7-3-2-4-8-19/h5-7,9-10H,2-4,8,11-18H2,1H3,(H,24,27). The Kier molecular flexibility index (Phi) is 8.56. The minimum Gasteiger partial charge on any atom is -0.495 e. The van der Waals surface area contributed by atoms with E-state index in [0.717, 1.165) is 43.8 Å². The molecular formula is C23H33N3O4. The number of rotatable bonds is 9. The van der Waals surface area contributed by atoms with Crippen LogP contribution in [0.5, 0.6) is 5.75 Å². The second-order valence-electron chi connectivity index (χ2n) is 7.74. The Morgan fingerprint density at radius 2 is 1.87 bits per heavy atom. The van der Waals surface area contributed by atoms with E-state index >= 15 is 0 Å². The van der Waals surface area contributed by atoms with E-state index in [1.165, 1.54) is 18.4 Å². The van der Waals surface area contributed by atoms with Crippen LogP contribution in [0.15, 0.2) is 35.9 Å². The summed E-state index contributed by atoms with van der Waals surface area (Å²) in [6.07, 6.45) is 8.01. The fourth-order valence-electron chi connectivity index (χ4n) is 3.96. The normalized spacial score (nSPS) is 16.8. The van der Waals surface area contributed by atoms with Gasteiger partial charge >= 0.3 is 0 Å². The van der Waals surface area contributed by atoms with Crippen LogP contribution < -0.4 is 15.0 Å². The molecule has 1 aromatic rings. The average Bonchev–Trinajstić information content (AvgIpc) is 2.80. The monoisotopic (exact) mass is 415 g/mol. The molecule has 30 heavy (non-hydrogen) atoms. The van der Waals surface area contributed by atoms with Gasteiger partial charge in [0.05, 0.1) is 12.8 Å². The maximum Gasteiger partial charge on any atom is 0.248 e. The average molecular weight is 416 g/mol. The Morgan fingerprint density at radius 3 is 2.60 bits per heavy atom. The summed E-state index contributed by atoms with van der Waals surface area (Å²) < 4.78 is 10.8. The summed E-state index contributed by atoms with van der Waals surface area (Å²) in [5.74, 6) is 0.599. The van der Waals surface area contributed by atoms with Crippen molar-refractivity contribution < 1.29 is 19.1 Å². The van der Waals surface area contributed by atoms with Crippen LogP contribution in [-0.2, 0) is 14.3 Å². The number of nitrogens with zero attached hydrogens (tertiary/aromatic N) is 2. The van der Waals surface area contributed by atoms with Crippen molar-refractivity contribution in [3.63, 3.8) is 0 Å². The first-order valence-corrected chi connectivity index (χ1v) is 10.9. The molecule has 2 amide bonds. The number of amides is 2. The zero-order valence-electron chi connectivity index (χ0n) is 17.9. The fraction of sp³-hybridized carbons (Fsp3) is 0.565. The van der Waals surface area contributed by atoms with Crippen LogP contribution in [0.3, 0.4) is 0 Å². The van der Waals surface area contributed by atoms with E-state index in [-0.39, 0.29) is 25.0 Å². The van der Waals surface area contributed by atoms with Crippen LogP contribution in [-0.4, -0.2) is 69.8 Å². The van der Waals surface area contributed by atoms with E-state index in [0.29, 0.717) is 19.6 Å². The maximum absolute atomic E-state index is 12.4. The van der Waals surface area contributed by atoms with Crippen molar-refractivity contribution in [2.75, 3.05) is 57.9 Å². The molecule has 7 heteroatoms. The number of carbonyl (C=O) groups is 2. The highest BCUT2D eigenvalue weighted by atomic mass is 16.5. The largest absolute Gasteiger partial charge is 0.495 e. The quantitative estimate of drug-likeness (QED) is 0.627. The number of piperazine rings is 1. The van der Waals surface area contributed by atoms with E-state index < -0.39 is 0 Å². The number of nitrogens with one attached hydrogen (secondary N) is 1. The molecule has 164 valence electrons. The van der Waals surface area contributed by atoms with Gasteiger partial charge in [-0.15, -0.1) is 0 Å². The third kappa shape index (κ3) is 6.49. The van der Waals surface area contributed by atoms with Gasteiger partial charge in [-0.05, 0) is 44.2 Å². The molecule has 1 fully saturated rings. The SMILES string of the molecule is COc1ccccc1N1CCN(C(=O)COCC(=O)NCCC2=CCCCC2)CC1. The molecule has 7 nitrogen and oxygen atoms in total. The van der Waals surface area contributed by atoms with Gasteiger partial charge in [-0.1, -0.05) is 23.8 Å². The number of benzene rings is 1. The number of methoxy groups -OCH3 is 1. The lowest BCUT2D eigenvalue weighted by Gasteiger charge is -2.36. The van der Waals surface area contributed by atoms with Gasteiger partial charge < -0.3 is 24.6 Å². The lowest BCUT2D eigenvalue weighted by Crippen LogP contribution is -2.50. The predicted octanol–water partition coefficient (Wildman–Crippen LogP) is 2.37. The third-order valence-corrected chi connectivity index (χ3v) is 5.67. The van der Waals surface area contributed by atoms with Crippen molar-refractivity contribution in [3.8, 4) is 5.75 Å². The summed E-state index contributed by atoms with van der Waals surface area (Å²) in [6.45, 7) is 3.22. The smallest absolute Gasteiger partial charge is 0.248 e. The summed E-state index contributed by atoms with van der Waals surface area (Å²) in [6, 6.07) is 7.91. The van der Waals surface area contributed by atoms with E-state index in [2.05, 4.69) is 16.3 Å². The van der Waals surface area contributed by atoms with Crippen LogP contribution in [0.2, 0.25) is 0 Å². The van der Waals surface area contributed by atoms with E-state index in [9.17, 15) is 9.59 Å². The number of hydrogen-bond donors (Lipinski definition) is 1. The second kappa shape index (κ2) is 11.6. The molecule has 0 atom stereocenters. The van der Waals surface area contributed by atoms with Crippen molar-refractivity contribution in [2.45, 2.75) is 32.1 Å². The highest BCUT2D eigenvalue weighted by Crippen LogP contribution is 2.28. The molecule has 1 aliphatic heterocycles. The van der Waals surface area contributed by atoms with Gasteiger partial charge in [-0.3, -0.25) is 9.59 Å². The van der Waals surface area contributed by atoms with Crippen LogP contribution in [0.25, 0.3) is 0 Å². The van der Waals surface area contributed by atoms with Crippen molar-refractivity contribution in [2.24, 2.45) is 0 Å².